The zero-order valence-electron chi connectivity index (χ0n) is 11.0. The Hall–Kier alpha value is -2.56. The van der Waals surface area contributed by atoms with Gasteiger partial charge in [0.1, 0.15) is 0 Å². The third-order valence-corrected chi connectivity index (χ3v) is 3.73. The highest BCUT2D eigenvalue weighted by Crippen LogP contribution is 2.59. The van der Waals surface area contributed by atoms with E-state index in [1.54, 1.807) is 12.2 Å². The normalized spacial score (nSPS) is 26.0. The molecule has 0 aromatic carbocycles. The minimum absolute atomic E-state index is 0.166. The molecule has 0 N–H and O–H groups in total. The smallest absolute Gasteiger partial charge is 0.182 e. The Balaban J connectivity index is 3.64. The molecule has 0 heterocycles. The van der Waals surface area contributed by atoms with Crippen LogP contribution in [0.15, 0.2) is 24.3 Å². The second-order valence-electron chi connectivity index (χ2n) is 5.03. The Morgan fingerprint density at radius 1 is 1.11 bits per heavy atom. The molecule has 94 valence electrons. The van der Waals surface area contributed by atoms with Crippen LogP contribution in [0.3, 0.4) is 0 Å². The monoisotopic (exact) mass is 250 g/mol. The van der Waals surface area contributed by atoms with Crippen LogP contribution in [0.5, 0.6) is 0 Å². The Labute approximate surface area is 113 Å². The molecule has 1 saturated carbocycles. The van der Waals surface area contributed by atoms with Crippen LogP contribution in [-0.2, 0) is 0 Å². The van der Waals surface area contributed by atoms with Crippen molar-refractivity contribution in [2.75, 3.05) is 0 Å². The molecule has 1 rings (SSSR count). The number of hydrogen-bond donors (Lipinski definition) is 0. The third kappa shape index (κ3) is 1.79. The van der Waals surface area contributed by atoms with Crippen molar-refractivity contribution in [3.8, 4) is 24.3 Å². The summed E-state index contributed by atoms with van der Waals surface area (Å²) in [5.41, 5.74) is -2.31. The largest absolute Gasteiger partial charge is 0.196 e. The second kappa shape index (κ2) is 4.97. The lowest BCUT2D eigenvalue weighted by Crippen LogP contribution is -2.37. The van der Waals surface area contributed by atoms with Gasteiger partial charge in [0, 0.05) is 5.92 Å². The van der Waals surface area contributed by atoms with E-state index in [1.807, 2.05) is 38.1 Å². The van der Waals surface area contributed by atoms with Gasteiger partial charge >= 0.3 is 0 Å². The highest BCUT2D eigenvalue weighted by atomic mass is 14.6. The molecule has 1 aliphatic rings. The summed E-state index contributed by atoms with van der Waals surface area (Å²) < 4.78 is 0. The van der Waals surface area contributed by atoms with Gasteiger partial charge in [-0.15, -0.1) is 6.58 Å². The van der Waals surface area contributed by atoms with Gasteiger partial charge in [-0.05, 0) is 26.2 Å². The summed E-state index contributed by atoms with van der Waals surface area (Å²) in [4.78, 5) is 0. The number of nitrogens with zero attached hydrogens (tertiary/aromatic N) is 4. The summed E-state index contributed by atoms with van der Waals surface area (Å²) in [6.07, 6.45) is 3.60. The standard InChI is InChI=1S/C15H14N4/c1-4-12-6-14(7-16,8-17)15(9-18,10-19)13(12)5-11(2)3/h4-5,12-13H,1,6H2,2-3H3. The maximum Gasteiger partial charge on any atom is 0.182 e. The summed E-state index contributed by atoms with van der Waals surface area (Å²) in [5, 5.41) is 37.6. The average molecular weight is 250 g/mol. The molecular weight excluding hydrogens is 236 g/mol. The van der Waals surface area contributed by atoms with E-state index in [9.17, 15) is 21.0 Å². The van der Waals surface area contributed by atoms with Crippen LogP contribution >= 0.6 is 0 Å². The number of hydrogen-bond acceptors (Lipinski definition) is 4. The van der Waals surface area contributed by atoms with Crippen molar-refractivity contribution in [1.82, 2.24) is 0 Å². The van der Waals surface area contributed by atoms with Crippen molar-refractivity contribution in [1.29, 1.82) is 21.0 Å². The van der Waals surface area contributed by atoms with Crippen LogP contribution < -0.4 is 0 Å². The van der Waals surface area contributed by atoms with E-state index in [-0.39, 0.29) is 12.3 Å². The first-order chi connectivity index (χ1) is 8.96. The van der Waals surface area contributed by atoms with Crippen LogP contribution in [0.25, 0.3) is 0 Å². The number of nitriles is 4. The molecule has 2 unspecified atom stereocenters. The van der Waals surface area contributed by atoms with Crippen molar-refractivity contribution >= 4 is 0 Å². The molecule has 2 atom stereocenters. The molecule has 0 radical (unpaired) electrons. The Bertz CT molecular complexity index is 554. The molecule has 4 nitrogen and oxygen atoms in total. The highest BCUT2D eigenvalue weighted by Gasteiger charge is 2.66. The van der Waals surface area contributed by atoms with Gasteiger partial charge in [0.2, 0.25) is 0 Å². The Morgan fingerprint density at radius 3 is 1.95 bits per heavy atom. The van der Waals surface area contributed by atoms with Gasteiger partial charge in [-0.2, -0.15) is 21.0 Å². The van der Waals surface area contributed by atoms with Crippen LogP contribution in [0.1, 0.15) is 20.3 Å². The van der Waals surface area contributed by atoms with Gasteiger partial charge in [0.15, 0.2) is 10.8 Å². The maximum atomic E-state index is 9.47. The first-order valence-corrected chi connectivity index (χ1v) is 5.89. The molecule has 4 heteroatoms. The Morgan fingerprint density at radius 2 is 1.63 bits per heavy atom. The molecule has 0 bridgehead atoms. The second-order valence-corrected chi connectivity index (χ2v) is 5.03. The zero-order valence-corrected chi connectivity index (χ0v) is 11.0. The van der Waals surface area contributed by atoms with Crippen LogP contribution in [0.4, 0.5) is 0 Å². The minimum atomic E-state index is -1.65. The van der Waals surface area contributed by atoms with E-state index in [0.29, 0.717) is 0 Å². The van der Waals surface area contributed by atoms with E-state index in [4.69, 9.17) is 0 Å². The van der Waals surface area contributed by atoms with Gasteiger partial charge in [-0.3, -0.25) is 0 Å². The number of rotatable bonds is 2. The van der Waals surface area contributed by atoms with E-state index >= 15 is 0 Å². The lowest BCUT2D eigenvalue weighted by molar-refractivity contribution is 0.311. The molecule has 0 spiro atoms. The fourth-order valence-electron chi connectivity index (χ4n) is 2.74. The van der Waals surface area contributed by atoms with E-state index in [0.717, 1.165) is 5.57 Å². The average Bonchev–Trinajstić information content (AvgIpc) is 2.68. The van der Waals surface area contributed by atoms with Crippen LogP contribution in [0.2, 0.25) is 0 Å². The summed E-state index contributed by atoms with van der Waals surface area (Å²) in [5.74, 6) is -0.710. The molecule has 0 amide bonds. The van der Waals surface area contributed by atoms with E-state index < -0.39 is 16.7 Å². The Kier molecular flexibility index (Phi) is 3.80. The zero-order chi connectivity index (χ0) is 14.7. The van der Waals surface area contributed by atoms with Crippen LogP contribution in [0, 0.1) is 68.0 Å². The molecule has 0 aromatic rings. The summed E-state index contributed by atoms with van der Waals surface area (Å²) >= 11 is 0. The van der Waals surface area contributed by atoms with Crippen LogP contribution in [-0.4, -0.2) is 0 Å². The van der Waals surface area contributed by atoms with E-state index in [2.05, 4.69) is 6.58 Å². The van der Waals surface area contributed by atoms with Crippen molar-refractivity contribution in [3.05, 3.63) is 24.3 Å². The topological polar surface area (TPSA) is 95.2 Å². The summed E-state index contributed by atoms with van der Waals surface area (Å²) in [6, 6.07) is 7.69. The van der Waals surface area contributed by atoms with Gasteiger partial charge in [-0.25, -0.2) is 0 Å². The van der Waals surface area contributed by atoms with Crippen molar-refractivity contribution in [2.45, 2.75) is 20.3 Å². The molecule has 0 aromatic heterocycles. The fraction of sp³-hybridized carbons (Fsp3) is 0.467. The first-order valence-electron chi connectivity index (χ1n) is 5.89. The van der Waals surface area contributed by atoms with Gasteiger partial charge in [-0.1, -0.05) is 17.7 Å². The molecule has 1 fully saturated rings. The molecule has 0 aliphatic heterocycles. The quantitative estimate of drug-likeness (QED) is 0.704. The summed E-state index contributed by atoms with van der Waals surface area (Å²) in [7, 11) is 0. The fourth-order valence-corrected chi connectivity index (χ4v) is 2.74. The predicted molar refractivity (Wildman–Crippen MR) is 68.5 cm³/mol. The maximum absolute atomic E-state index is 9.47. The molecule has 0 saturated heterocycles. The number of allylic oxidation sites excluding steroid dienone is 3. The van der Waals surface area contributed by atoms with Crippen molar-refractivity contribution in [2.24, 2.45) is 22.7 Å². The summed E-state index contributed by atoms with van der Waals surface area (Å²) in [6.45, 7) is 7.42. The molecule has 19 heavy (non-hydrogen) atoms. The minimum Gasteiger partial charge on any atom is -0.196 e. The van der Waals surface area contributed by atoms with Gasteiger partial charge < -0.3 is 0 Å². The molecule has 1 aliphatic carbocycles. The third-order valence-electron chi connectivity index (χ3n) is 3.73. The van der Waals surface area contributed by atoms with Gasteiger partial charge in [0.05, 0.1) is 24.3 Å². The van der Waals surface area contributed by atoms with Crippen molar-refractivity contribution < 1.29 is 0 Å². The molecular formula is C15H14N4. The van der Waals surface area contributed by atoms with E-state index in [1.165, 1.54) is 0 Å². The first kappa shape index (κ1) is 14.5. The van der Waals surface area contributed by atoms with Gasteiger partial charge in [0.25, 0.3) is 0 Å². The van der Waals surface area contributed by atoms with Crippen molar-refractivity contribution in [3.63, 3.8) is 0 Å². The predicted octanol–water partition coefficient (Wildman–Crippen LogP) is 2.84. The lowest BCUT2D eigenvalue weighted by Gasteiger charge is -2.27. The SMILES string of the molecule is C=CC1CC(C#N)(C#N)C(C#N)(C#N)C1C=C(C)C. The lowest BCUT2D eigenvalue weighted by atomic mass is 9.65. The highest BCUT2D eigenvalue weighted by molar-refractivity contribution is 5.42.